The average Bonchev–Trinajstić information content (AvgIpc) is 3.23. The molecule has 1 saturated carbocycles. The summed E-state index contributed by atoms with van der Waals surface area (Å²) in [6.07, 6.45) is 4.65. The second kappa shape index (κ2) is 5.90. The van der Waals surface area contributed by atoms with E-state index in [4.69, 9.17) is 33.9 Å². The monoisotopic (exact) mass is 323 g/mol. The van der Waals surface area contributed by atoms with Gasteiger partial charge in [-0.1, -0.05) is 36.5 Å². The number of imidazole rings is 1. The predicted octanol–water partition coefficient (Wildman–Crippen LogP) is 5.12. The summed E-state index contributed by atoms with van der Waals surface area (Å²) in [5.74, 6) is 2.39. The number of nitrogens with zero attached hydrogens (tertiary/aromatic N) is 2. The molecule has 112 valence electrons. The van der Waals surface area contributed by atoms with Gasteiger partial charge in [0.25, 0.3) is 0 Å². The van der Waals surface area contributed by atoms with Crippen LogP contribution in [0.5, 0.6) is 0 Å². The van der Waals surface area contributed by atoms with Crippen molar-refractivity contribution >= 4 is 29.0 Å². The van der Waals surface area contributed by atoms with Crippen molar-refractivity contribution in [2.24, 2.45) is 0 Å². The van der Waals surface area contributed by atoms with E-state index in [-0.39, 0.29) is 0 Å². The Hall–Kier alpha value is -1.19. The van der Waals surface area contributed by atoms with Gasteiger partial charge in [-0.15, -0.1) is 0 Å². The molecule has 1 aliphatic rings. The lowest BCUT2D eigenvalue weighted by Crippen LogP contribution is -2.06. The molecule has 3 nitrogen and oxygen atoms in total. The van der Waals surface area contributed by atoms with Crippen molar-refractivity contribution in [1.29, 1.82) is 0 Å². The molecule has 1 fully saturated rings. The third kappa shape index (κ3) is 2.90. The van der Waals surface area contributed by atoms with Gasteiger partial charge in [0.15, 0.2) is 0 Å². The van der Waals surface area contributed by atoms with Gasteiger partial charge in [-0.2, -0.15) is 0 Å². The fraction of sp³-hybridized carbons (Fsp3) is 0.438. The Morgan fingerprint density at radius 3 is 2.71 bits per heavy atom. The van der Waals surface area contributed by atoms with Crippen molar-refractivity contribution < 1.29 is 0 Å². The topological polar surface area (TPSA) is 43.8 Å². The number of anilines is 1. The third-order valence-electron chi connectivity index (χ3n) is 3.90. The Labute approximate surface area is 135 Å². The normalized spacial score (nSPS) is 14.6. The molecule has 3 rings (SSSR count). The summed E-state index contributed by atoms with van der Waals surface area (Å²) < 4.78 is 2.17. The maximum Gasteiger partial charge on any atom is 0.131 e. The van der Waals surface area contributed by atoms with Gasteiger partial charge in [-0.05, 0) is 37.5 Å². The van der Waals surface area contributed by atoms with Gasteiger partial charge in [-0.3, -0.25) is 0 Å². The maximum absolute atomic E-state index is 6.36. The van der Waals surface area contributed by atoms with Crippen LogP contribution in [0.2, 0.25) is 10.0 Å². The summed E-state index contributed by atoms with van der Waals surface area (Å²) in [4.78, 5) is 4.80. The summed E-state index contributed by atoms with van der Waals surface area (Å²) in [5.41, 5.74) is 8.00. The Balaban J connectivity index is 2.06. The largest absolute Gasteiger partial charge is 0.383 e. The second-order valence-corrected chi connectivity index (χ2v) is 6.45. The highest BCUT2D eigenvalue weighted by Crippen LogP contribution is 2.43. The minimum Gasteiger partial charge on any atom is -0.383 e. The lowest BCUT2D eigenvalue weighted by molar-refractivity contribution is 0.609. The van der Waals surface area contributed by atoms with Crippen LogP contribution < -0.4 is 5.73 Å². The molecule has 1 aliphatic carbocycles. The minimum absolute atomic E-state index is 0.559. The van der Waals surface area contributed by atoms with Gasteiger partial charge < -0.3 is 10.3 Å². The summed E-state index contributed by atoms with van der Waals surface area (Å²) in [5, 5.41) is 1.21. The number of hydrogen-bond donors (Lipinski definition) is 1. The highest BCUT2D eigenvalue weighted by molar-refractivity contribution is 6.36. The van der Waals surface area contributed by atoms with Gasteiger partial charge in [0, 0.05) is 23.0 Å². The van der Waals surface area contributed by atoms with Crippen molar-refractivity contribution in [3.05, 3.63) is 34.1 Å². The zero-order valence-corrected chi connectivity index (χ0v) is 13.6. The molecule has 1 aromatic carbocycles. The molecule has 0 spiro atoms. The molecule has 2 aromatic rings. The third-order valence-corrected chi connectivity index (χ3v) is 4.45. The van der Waals surface area contributed by atoms with Crippen LogP contribution in [0.1, 0.15) is 44.3 Å². The average molecular weight is 324 g/mol. The lowest BCUT2D eigenvalue weighted by atomic mass is 10.1. The van der Waals surface area contributed by atoms with Crippen LogP contribution >= 0.6 is 23.2 Å². The number of nitrogen functional groups attached to an aromatic ring is 1. The molecule has 0 amide bonds. The summed E-state index contributed by atoms with van der Waals surface area (Å²) in [6, 6.07) is 5.45. The molecule has 0 saturated heterocycles. The van der Waals surface area contributed by atoms with E-state index in [1.165, 1.54) is 12.8 Å². The first kappa shape index (κ1) is 14.7. The van der Waals surface area contributed by atoms with Gasteiger partial charge in [-0.25, -0.2) is 4.98 Å². The van der Waals surface area contributed by atoms with E-state index in [0.29, 0.717) is 16.0 Å². The molecule has 0 aliphatic heterocycles. The van der Waals surface area contributed by atoms with Crippen molar-refractivity contribution in [2.75, 3.05) is 5.73 Å². The van der Waals surface area contributed by atoms with E-state index in [0.717, 1.165) is 42.3 Å². The highest BCUT2D eigenvalue weighted by Gasteiger charge is 2.31. The standard InChI is InChI=1S/C16H19Cl2N3/c1-2-3-8-21-15(19)14(20-16(21)10-4-5-10)12-7-6-11(17)9-13(12)18/h6-7,9-10H,2-5,8,19H2,1H3. The van der Waals surface area contributed by atoms with Gasteiger partial charge in [0.1, 0.15) is 17.3 Å². The van der Waals surface area contributed by atoms with Gasteiger partial charge >= 0.3 is 0 Å². The Kier molecular flexibility index (Phi) is 4.14. The van der Waals surface area contributed by atoms with Crippen molar-refractivity contribution in [3.8, 4) is 11.3 Å². The van der Waals surface area contributed by atoms with Crippen LogP contribution in [0.4, 0.5) is 5.82 Å². The molecule has 0 unspecified atom stereocenters. The molecule has 1 aromatic heterocycles. The molecule has 5 heteroatoms. The number of benzene rings is 1. The van der Waals surface area contributed by atoms with Crippen LogP contribution in [0.3, 0.4) is 0 Å². The first-order chi connectivity index (χ1) is 10.1. The zero-order chi connectivity index (χ0) is 15.0. The number of hydrogen-bond acceptors (Lipinski definition) is 2. The Bertz CT molecular complexity index is 660. The SMILES string of the molecule is CCCCn1c(C2CC2)nc(-c2ccc(Cl)cc2Cl)c1N. The quantitative estimate of drug-likeness (QED) is 0.830. The van der Waals surface area contributed by atoms with E-state index < -0.39 is 0 Å². The predicted molar refractivity (Wildman–Crippen MR) is 89.0 cm³/mol. The van der Waals surface area contributed by atoms with Crippen molar-refractivity contribution in [1.82, 2.24) is 9.55 Å². The van der Waals surface area contributed by atoms with Crippen LogP contribution in [0, 0.1) is 0 Å². The molecule has 2 N–H and O–H groups in total. The number of aromatic nitrogens is 2. The molecular weight excluding hydrogens is 305 g/mol. The first-order valence-corrected chi connectivity index (χ1v) is 8.18. The number of nitrogens with two attached hydrogens (primary N) is 1. The molecule has 1 heterocycles. The summed E-state index contributed by atoms with van der Waals surface area (Å²) >= 11 is 12.3. The number of rotatable bonds is 5. The van der Waals surface area contributed by atoms with Crippen molar-refractivity contribution in [2.45, 2.75) is 45.1 Å². The van der Waals surface area contributed by atoms with E-state index in [2.05, 4.69) is 11.5 Å². The van der Waals surface area contributed by atoms with Crippen LogP contribution in [-0.2, 0) is 6.54 Å². The number of halogens is 2. The second-order valence-electron chi connectivity index (χ2n) is 5.61. The maximum atomic E-state index is 6.36. The summed E-state index contributed by atoms with van der Waals surface area (Å²) in [7, 11) is 0. The molecule has 0 bridgehead atoms. The Morgan fingerprint density at radius 2 is 2.10 bits per heavy atom. The van der Waals surface area contributed by atoms with E-state index in [1.807, 2.05) is 12.1 Å². The molecule has 21 heavy (non-hydrogen) atoms. The summed E-state index contributed by atoms with van der Waals surface area (Å²) in [6.45, 7) is 3.10. The van der Waals surface area contributed by atoms with Crippen LogP contribution in [0.15, 0.2) is 18.2 Å². The fourth-order valence-corrected chi connectivity index (χ4v) is 3.07. The Morgan fingerprint density at radius 1 is 1.33 bits per heavy atom. The van der Waals surface area contributed by atoms with Crippen molar-refractivity contribution in [3.63, 3.8) is 0 Å². The molecular formula is C16H19Cl2N3. The van der Waals surface area contributed by atoms with Crippen LogP contribution in [-0.4, -0.2) is 9.55 Å². The first-order valence-electron chi connectivity index (χ1n) is 7.43. The fourth-order valence-electron chi connectivity index (χ4n) is 2.57. The van der Waals surface area contributed by atoms with E-state index in [1.54, 1.807) is 6.07 Å². The highest BCUT2D eigenvalue weighted by atomic mass is 35.5. The van der Waals surface area contributed by atoms with Gasteiger partial charge in [0.2, 0.25) is 0 Å². The van der Waals surface area contributed by atoms with E-state index in [9.17, 15) is 0 Å². The molecule has 0 radical (unpaired) electrons. The van der Waals surface area contributed by atoms with Crippen LogP contribution in [0.25, 0.3) is 11.3 Å². The van der Waals surface area contributed by atoms with E-state index >= 15 is 0 Å². The zero-order valence-electron chi connectivity index (χ0n) is 12.1. The number of unbranched alkanes of at least 4 members (excludes halogenated alkanes) is 1. The lowest BCUT2D eigenvalue weighted by Gasteiger charge is -2.08. The minimum atomic E-state index is 0.559. The molecule has 0 atom stereocenters. The van der Waals surface area contributed by atoms with Gasteiger partial charge in [0.05, 0.1) is 5.02 Å². The smallest absolute Gasteiger partial charge is 0.131 e.